The van der Waals surface area contributed by atoms with E-state index in [0.717, 1.165) is 12.8 Å². The predicted octanol–water partition coefficient (Wildman–Crippen LogP) is 4.16. The van der Waals surface area contributed by atoms with Crippen LogP contribution >= 0.6 is 11.3 Å². The highest BCUT2D eigenvalue weighted by Gasteiger charge is 2.33. The molecule has 2 aliphatic rings. The van der Waals surface area contributed by atoms with Crippen molar-refractivity contribution in [1.82, 2.24) is 15.6 Å². The Morgan fingerprint density at radius 1 is 1.03 bits per heavy atom. The van der Waals surface area contributed by atoms with Crippen LogP contribution in [0.4, 0.5) is 4.79 Å². The number of nitrogens with zero attached hydrogens (tertiary/aromatic N) is 1. The SMILES string of the molecule is O=C(CC1CC(NC(=O)OCC2c3ccccc3-c3ccccc32)C1)NCc1nc(C(=O)O)cs1. The van der Waals surface area contributed by atoms with E-state index >= 15 is 0 Å². The third-order valence-electron chi connectivity index (χ3n) is 6.58. The fraction of sp³-hybridized carbons (Fsp3) is 0.308. The number of hydrogen-bond acceptors (Lipinski definition) is 6. The highest BCUT2D eigenvalue weighted by atomic mass is 32.1. The number of carbonyl (C=O) groups excluding carboxylic acids is 2. The van der Waals surface area contributed by atoms with Crippen molar-refractivity contribution in [2.45, 2.75) is 37.8 Å². The van der Waals surface area contributed by atoms with Gasteiger partial charge in [-0.1, -0.05) is 48.5 Å². The van der Waals surface area contributed by atoms with Gasteiger partial charge in [-0.3, -0.25) is 4.79 Å². The third-order valence-corrected chi connectivity index (χ3v) is 7.43. The van der Waals surface area contributed by atoms with Crippen molar-refractivity contribution >= 4 is 29.3 Å². The summed E-state index contributed by atoms with van der Waals surface area (Å²) in [6.07, 6.45) is 1.37. The molecule has 0 spiro atoms. The minimum atomic E-state index is -1.08. The zero-order valence-corrected chi connectivity index (χ0v) is 19.7. The monoisotopic (exact) mass is 491 g/mol. The zero-order chi connectivity index (χ0) is 24.4. The normalized spacial score (nSPS) is 18.2. The molecule has 9 heteroatoms. The number of rotatable bonds is 8. The van der Waals surface area contributed by atoms with E-state index in [0.29, 0.717) is 11.4 Å². The number of thiazole rings is 1. The van der Waals surface area contributed by atoms with Crippen molar-refractivity contribution in [2.75, 3.05) is 6.61 Å². The molecule has 3 aromatic rings. The van der Waals surface area contributed by atoms with Crippen LogP contribution in [0.15, 0.2) is 53.9 Å². The minimum Gasteiger partial charge on any atom is -0.476 e. The first kappa shape index (κ1) is 23.0. The largest absolute Gasteiger partial charge is 0.476 e. The lowest BCUT2D eigenvalue weighted by Gasteiger charge is -2.35. The molecule has 0 aliphatic heterocycles. The molecule has 1 saturated carbocycles. The molecule has 0 unspecified atom stereocenters. The van der Waals surface area contributed by atoms with Crippen LogP contribution in [0.1, 0.15) is 51.8 Å². The fourth-order valence-corrected chi connectivity index (χ4v) is 5.53. The Labute approximate surface area is 206 Å². The lowest BCUT2D eigenvalue weighted by molar-refractivity contribution is -0.122. The van der Waals surface area contributed by atoms with E-state index in [4.69, 9.17) is 9.84 Å². The maximum absolute atomic E-state index is 12.4. The Morgan fingerprint density at radius 2 is 1.69 bits per heavy atom. The van der Waals surface area contributed by atoms with E-state index < -0.39 is 12.1 Å². The van der Waals surface area contributed by atoms with Crippen LogP contribution in [0.3, 0.4) is 0 Å². The Morgan fingerprint density at radius 3 is 2.31 bits per heavy atom. The van der Waals surface area contributed by atoms with E-state index in [1.807, 2.05) is 24.3 Å². The van der Waals surface area contributed by atoms with E-state index in [9.17, 15) is 14.4 Å². The van der Waals surface area contributed by atoms with Crippen LogP contribution < -0.4 is 10.6 Å². The summed E-state index contributed by atoms with van der Waals surface area (Å²) < 4.78 is 5.59. The van der Waals surface area contributed by atoms with Crippen molar-refractivity contribution in [3.63, 3.8) is 0 Å². The number of alkyl carbamates (subject to hydrolysis) is 1. The van der Waals surface area contributed by atoms with Crippen molar-refractivity contribution in [1.29, 1.82) is 0 Å². The number of carboxylic acids is 1. The van der Waals surface area contributed by atoms with E-state index in [-0.39, 0.29) is 42.6 Å². The number of aromatic nitrogens is 1. The molecule has 1 fully saturated rings. The number of carboxylic acid groups (broad SMARTS) is 1. The van der Waals surface area contributed by atoms with E-state index in [2.05, 4.69) is 39.9 Å². The summed E-state index contributed by atoms with van der Waals surface area (Å²) in [7, 11) is 0. The van der Waals surface area contributed by atoms with Crippen molar-refractivity contribution in [2.24, 2.45) is 5.92 Å². The van der Waals surface area contributed by atoms with E-state index in [1.165, 1.54) is 39.0 Å². The quantitative estimate of drug-likeness (QED) is 0.435. The van der Waals surface area contributed by atoms with Gasteiger partial charge in [0.05, 0.1) is 6.54 Å². The van der Waals surface area contributed by atoms with E-state index in [1.54, 1.807) is 0 Å². The molecule has 35 heavy (non-hydrogen) atoms. The number of hydrogen-bond donors (Lipinski definition) is 3. The van der Waals surface area contributed by atoms with Gasteiger partial charge in [-0.25, -0.2) is 14.6 Å². The van der Waals surface area contributed by atoms with Gasteiger partial charge in [0, 0.05) is 23.8 Å². The molecule has 1 heterocycles. The Kier molecular flexibility index (Phi) is 6.50. The van der Waals surface area contributed by atoms with Crippen LogP contribution in [0.5, 0.6) is 0 Å². The van der Waals surface area contributed by atoms with Crippen molar-refractivity contribution < 1.29 is 24.2 Å². The first-order valence-electron chi connectivity index (χ1n) is 11.5. The summed E-state index contributed by atoms with van der Waals surface area (Å²) in [4.78, 5) is 39.4. The lowest BCUT2D eigenvalue weighted by atomic mass is 9.78. The molecule has 2 aromatic carbocycles. The summed E-state index contributed by atoms with van der Waals surface area (Å²) in [6.45, 7) is 0.490. The number of ether oxygens (including phenoxy) is 1. The van der Waals surface area contributed by atoms with Gasteiger partial charge >= 0.3 is 12.1 Å². The average molecular weight is 492 g/mol. The Bertz CT molecular complexity index is 1220. The molecule has 0 radical (unpaired) electrons. The van der Waals surface area contributed by atoms with Crippen molar-refractivity contribution in [3.05, 3.63) is 75.7 Å². The second-order valence-corrected chi connectivity index (χ2v) is 9.86. The zero-order valence-electron chi connectivity index (χ0n) is 18.9. The molecule has 0 saturated heterocycles. The number of amides is 2. The average Bonchev–Trinajstić information content (AvgIpc) is 3.43. The Hall–Kier alpha value is -3.72. The molecule has 1 aromatic heterocycles. The van der Waals surface area contributed by atoms with Crippen LogP contribution in [-0.4, -0.2) is 40.7 Å². The number of nitrogens with one attached hydrogen (secondary N) is 2. The molecular weight excluding hydrogens is 466 g/mol. The van der Waals surface area contributed by atoms with Crippen LogP contribution in [0.2, 0.25) is 0 Å². The van der Waals surface area contributed by atoms with Crippen LogP contribution in [0.25, 0.3) is 11.1 Å². The van der Waals surface area contributed by atoms with Gasteiger partial charge in [-0.05, 0) is 41.0 Å². The van der Waals surface area contributed by atoms with Gasteiger partial charge in [0.15, 0.2) is 5.69 Å². The maximum Gasteiger partial charge on any atom is 0.407 e. The van der Waals surface area contributed by atoms with Gasteiger partial charge < -0.3 is 20.5 Å². The van der Waals surface area contributed by atoms with Gasteiger partial charge in [0.2, 0.25) is 5.91 Å². The summed E-state index contributed by atoms with van der Waals surface area (Å²) in [5, 5.41) is 16.6. The summed E-state index contributed by atoms with van der Waals surface area (Å²) in [5.74, 6) is -0.972. The third kappa shape index (κ3) is 5.05. The number of carbonyl (C=O) groups is 3. The van der Waals surface area contributed by atoms with Crippen LogP contribution in [-0.2, 0) is 16.1 Å². The Balaban J connectivity index is 1.04. The molecule has 5 rings (SSSR count). The summed E-state index contributed by atoms with van der Waals surface area (Å²) >= 11 is 1.20. The molecule has 180 valence electrons. The van der Waals surface area contributed by atoms with Gasteiger partial charge in [-0.2, -0.15) is 0 Å². The van der Waals surface area contributed by atoms with Crippen LogP contribution in [0, 0.1) is 5.92 Å². The molecule has 8 nitrogen and oxygen atoms in total. The maximum atomic E-state index is 12.4. The topological polar surface area (TPSA) is 118 Å². The molecule has 3 N–H and O–H groups in total. The highest BCUT2D eigenvalue weighted by Crippen LogP contribution is 2.44. The number of benzene rings is 2. The molecule has 0 atom stereocenters. The van der Waals surface area contributed by atoms with Gasteiger partial charge in [-0.15, -0.1) is 11.3 Å². The lowest BCUT2D eigenvalue weighted by Crippen LogP contribution is -2.45. The smallest absolute Gasteiger partial charge is 0.407 e. The second-order valence-electron chi connectivity index (χ2n) is 8.92. The highest BCUT2D eigenvalue weighted by molar-refractivity contribution is 7.09. The van der Waals surface area contributed by atoms with Gasteiger partial charge in [0.25, 0.3) is 0 Å². The number of fused-ring (bicyclic) bond motifs is 3. The molecule has 2 amide bonds. The number of aromatic carboxylic acids is 1. The van der Waals surface area contributed by atoms with Gasteiger partial charge in [0.1, 0.15) is 11.6 Å². The summed E-state index contributed by atoms with van der Waals surface area (Å²) in [5.41, 5.74) is 4.71. The second kappa shape index (κ2) is 9.87. The molecular formula is C26H25N3O5S. The molecule has 2 aliphatic carbocycles. The first-order valence-corrected chi connectivity index (χ1v) is 12.4. The minimum absolute atomic E-state index is 0.000498. The summed E-state index contributed by atoms with van der Waals surface area (Å²) in [6, 6.07) is 16.4. The van der Waals surface area contributed by atoms with Crippen molar-refractivity contribution in [3.8, 4) is 11.1 Å². The molecule has 0 bridgehead atoms. The standard InChI is InChI=1S/C26H25N3O5S/c30-23(27-12-24-29-22(14-35-24)25(31)32)11-15-9-16(10-15)28-26(33)34-13-21-19-7-3-1-5-17(19)18-6-2-4-8-20(18)21/h1-8,14-16,21H,9-13H2,(H,27,30)(H,28,33)(H,31,32). The predicted molar refractivity (Wildman–Crippen MR) is 130 cm³/mol. The first-order chi connectivity index (χ1) is 17.0. The fourth-order valence-electron chi connectivity index (χ4n) is 4.83.